The third-order valence-electron chi connectivity index (χ3n) is 3.11. The highest BCUT2D eigenvalue weighted by Crippen LogP contribution is 2.19. The Morgan fingerprint density at radius 2 is 1.92 bits per heavy atom. The molecular formula is C17H23FN2O5. The van der Waals surface area contributed by atoms with Gasteiger partial charge in [0.2, 0.25) is 5.82 Å². The molecule has 1 N–H and O–H groups in total. The first-order valence-electron chi connectivity index (χ1n) is 7.88. The molecule has 1 rings (SSSR count). The lowest BCUT2D eigenvalue weighted by atomic mass is 10.0. The van der Waals surface area contributed by atoms with Crippen LogP contribution in [0.25, 0.3) is 0 Å². The van der Waals surface area contributed by atoms with Crippen molar-refractivity contribution in [2.75, 3.05) is 0 Å². The summed E-state index contributed by atoms with van der Waals surface area (Å²) in [7, 11) is 0. The maximum absolute atomic E-state index is 13.4. The van der Waals surface area contributed by atoms with E-state index in [0.29, 0.717) is 6.42 Å². The minimum absolute atomic E-state index is 0.0976. The Kier molecular flexibility index (Phi) is 6.61. The van der Waals surface area contributed by atoms with E-state index >= 15 is 0 Å². The van der Waals surface area contributed by atoms with Crippen molar-refractivity contribution in [1.29, 1.82) is 0 Å². The summed E-state index contributed by atoms with van der Waals surface area (Å²) in [6, 6.07) is 1.90. The molecule has 0 aromatic heterocycles. The topological polar surface area (TPSA) is 98.5 Å². The Labute approximate surface area is 145 Å². The summed E-state index contributed by atoms with van der Waals surface area (Å²) in [5.74, 6) is -2.24. The fourth-order valence-corrected chi connectivity index (χ4v) is 2.09. The van der Waals surface area contributed by atoms with Crippen LogP contribution < -0.4 is 5.32 Å². The van der Waals surface area contributed by atoms with Crippen molar-refractivity contribution in [2.24, 2.45) is 5.92 Å². The van der Waals surface area contributed by atoms with Crippen molar-refractivity contribution in [3.63, 3.8) is 0 Å². The van der Waals surface area contributed by atoms with Crippen LogP contribution in [0.4, 0.5) is 10.1 Å². The first-order chi connectivity index (χ1) is 11.4. The molecule has 0 bridgehead atoms. The van der Waals surface area contributed by atoms with Crippen LogP contribution in [0.5, 0.6) is 0 Å². The summed E-state index contributed by atoms with van der Waals surface area (Å²) in [4.78, 5) is 34.5. The van der Waals surface area contributed by atoms with E-state index in [1.165, 1.54) is 0 Å². The van der Waals surface area contributed by atoms with Crippen LogP contribution in [-0.4, -0.2) is 28.4 Å². The molecule has 1 atom stereocenters. The minimum Gasteiger partial charge on any atom is -0.458 e. The van der Waals surface area contributed by atoms with E-state index in [0.717, 1.165) is 18.2 Å². The molecule has 0 radical (unpaired) electrons. The summed E-state index contributed by atoms with van der Waals surface area (Å²) in [6.07, 6.45) is 0.337. The van der Waals surface area contributed by atoms with Crippen LogP contribution in [-0.2, 0) is 9.53 Å². The van der Waals surface area contributed by atoms with Gasteiger partial charge in [0.1, 0.15) is 11.6 Å². The second kappa shape index (κ2) is 8.04. The zero-order valence-electron chi connectivity index (χ0n) is 15.0. The van der Waals surface area contributed by atoms with Gasteiger partial charge in [-0.05, 0) is 45.2 Å². The summed E-state index contributed by atoms with van der Waals surface area (Å²) < 4.78 is 18.7. The quantitative estimate of drug-likeness (QED) is 0.480. The summed E-state index contributed by atoms with van der Waals surface area (Å²) in [5, 5.41) is 13.3. The van der Waals surface area contributed by atoms with Gasteiger partial charge in [-0.2, -0.15) is 4.39 Å². The first kappa shape index (κ1) is 20.5. The molecule has 0 aliphatic heterocycles. The number of nitrogens with one attached hydrogen (secondary N) is 1. The van der Waals surface area contributed by atoms with Crippen molar-refractivity contribution >= 4 is 17.6 Å². The molecule has 0 spiro atoms. The Balaban J connectivity index is 3.00. The van der Waals surface area contributed by atoms with Crippen LogP contribution >= 0.6 is 0 Å². The molecule has 1 unspecified atom stereocenters. The highest BCUT2D eigenvalue weighted by molar-refractivity contribution is 5.97. The van der Waals surface area contributed by atoms with Gasteiger partial charge >= 0.3 is 11.7 Å². The monoisotopic (exact) mass is 354 g/mol. The Hall–Kier alpha value is -2.51. The smallest absolute Gasteiger partial charge is 0.329 e. The number of nitrogens with zero attached hydrogens (tertiary/aromatic N) is 1. The fourth-order valence-electron chi connectivity index (χ4n) is 2.09. The summed E-state index contributed by atoms with van der Waals surface area (Å²) in [6.45, 7) is 8.89. The summed E-state index contributed by atoms with van der Waals surface area (Å²) in [5.41, 5.74) is -1.62. The second-order valence-electron chi connectivity index (χ2n) is 7.11. The van der Waals surface area contributed by atoms with Gasteiger partial charge in [-0.25, -0.2) is 4.79 Å². The molecule has 1 aromatic carbocycles. The number of rotatable bonds is 6. The Morgan fingerprint density at radius 1 is 1.32 bits per heavy atom. The van der Waals surface area contributed by atoms with Crippen LogP contribution in [0, 0.1) is 21.8 Å². The van der Waals surface area contributed by atoms with E-state index in [1.54, 1.807) is 20.8 Å². The molecule has 0 heterocycles. The van der Waals surface area contributed by atoms with Crippen LogP contribution in [0.15, 0.2) is 18.2 Å². The third kappa shape index (κ3) is 6.48. The maximum Gasteiger partial charge on any atom is 0.329 e. The predicted molar refractivity (Wildman–Crippen MR) is 89.6 cm³/mol. The molecular weight excluding hydrogens is 331 g/mol. The lowest BCUT2D eigenvalue weighted by Gasteiger charge is -2.25. The largest absolute Gasteiger partial charge is 0.458 e. The van der Waals surface area contributed by atoms with Crippen molar-refractivity contribution in [3.05, 3.63) is 39.7 Å². The van der Waals surface area contributed by atoms with Gasteiger partial charge in [-0.15, -0.1) is 0 Å². The SMILES string of the molecule is CC(C)CC(NC(=O)c1ccc(F)c([N+](=O)[O-])c1)C(=O)OC(C)(C)C. The van der Waals surface area contributed by atoms with Gasteiger partial charge in [0.15, 0.2) is 0 Å². The zero-order valence-corrected chi connectivity index (χ0v) is 15.0. The normalized spacial score (nSPS) is 12.6. The molecule has 0 aliphatic rings. The average molecular weight is 354 g/mol. The van der Waals surface area contributed by atoms with Gasteiger partial charge in [0, 0.05) is 11.6 Å². The number of carbonyl (C=O) groups is 2. The zero-order chi connectivity index (χ0) is 19.4. The van der Waals surface area contributed by atoms with Crippen molar-refractivity contribution in [2.45, 2.75) is 52.7 Å². The molecule has 0 saturated heterocycles. The maximum atomic E-state index is 13.4. The van der Waals surface area contributed by atoms with Crippen LogP contribution in [0.1, 0.15) is 51.4 Å². The lowest BCUT2D eigenvalue weighted by Crippen LogP contribution is -2.45. The molecule has 0 aliphatic carbocycles. The lowest BCUT2D eigenvalue weighted by molar-refractivity contribution is -0.387. The number of hydrogen-bond donors (Lipinski definition) is 1. The van der Waals surface area contributed by atoms with Crippen LogP contribution in [0.3, 0.4) is 0 Å². The van der Waals surface area contributed by atoms with Gasteiger partial charge in [0.25, 0.3) is 5.91 Å². The van der Waals surface area contributed by atoms with E-state index in [-0.39, 0.29) is 11.5 Å². The number of carbonyl (C=O) groups excluding carboxylic acids is 2. The molecule has 0 fully saturated rings. The van der Waals surface area contributed by atoms with Gasteiger partial charge in [-0.1, -0.05) is 13.8 Å². The first-order valence-corrected chi connectivity index (χ1v) is 7.88. The van der Waals surface area contributed by atoms with E-state index in [9.17, 15) is 24.1 Å². The number of nitro benzene ring substituents is 1. The Bertz CT molecular complexity index is 667. The number of halogens is 1. The number of esters is 1. The molecule has 25 heavy (non-hydrogen) atoms. The van der Waals surface area contributed by atoms with Gasteiger partial charge in [0.05, 0.1) is 4.92 Å². The molecule has 8 heteroatoms. The van der Waals surface area contributed by atoms with Crippen molar-refractivity contribution in [3.8, 4) is 0 Å². The number of hydrogen-bond acceptors (Lipinski definition) is 5. The third-order valence-corrected chi connectivity index (χ3v) is 3.11. The standard InChI is InChI=1S/C17H23FN2O5/c1-10(2)8-13(16(22)25-17(3,4)5)19-15(21)11-6-7-12(18)14(9-11)20(23)24/h6-7,9-10,13H,8H2,1-5H3,(H,19,21). The average Bonchev–Trinajstić information content (AvgIpc) is 2.44. The minimum atomic E-state index is -1.03. The van der Waals surface area contributed by atoms with E-state index < -0.39 is 39.9 Å². The molecule has 7 nitrogen and oxygen atoms in total. The summed E-state index contributed by atoms with van der Waals surface area (Å²) >= 11 is 0. The molecule has 0 saturated carbocycles. The molecule has 1 amide bonds. The number of benzene rings is 1. The van der Waals surface area contributed by atoms with E-state index in [1.807, 2.05) is 13.8 Å². The van der Waals surface area contributed by atoms with Crippen molar-refractivity contribution < 1.29 is 23.6 Å². The fraction of sp³-hybridized carbons (Fsp3) is 0.529. The van der Waals surface area contributed by atoms with E-state index in [4.69, 9.17) is 4.74 Å². The molecule has 1 aromatic rings. The number of ether oxygens (including phenoxy) is 1. The highest BCUT2D eigenvalue weighted by atomic mass is 19.1. The predicted octanol–water partition coefficient (Wildman–Crippen LogP) is 3.22. The van der Waals surface area contributed by atoms with Gasteiger partial charge in [-0.3, -0.25) is 14.9 Å². The number of nitro groups is 1. The second-order valence-corrected chi connectivity index (χ2v) is 7.11. The van der Waals surface area contributed by atoms with E-state index in [2.05, 4.69) is 5.32 Å². The number of amides is 1. The van der Waals surface area contributed by atoms with Gasteiger partial charge < -0.3 is 10.1 Å². The van der Waals surface area contributed by atoms with Crippen LogP contribution in [0.2, 0.25) is 0 Å². The highest BCUT2D eigenvalue weighted by Gasteiger charge is 2.28. The van der Waals surface area contributed by atoms with Crippen molar-refractivity contribution in [1.82, 2.24) is 5.32 Å². The Morgan fingerprint density at radius 3 is 2.40 bits per heavy atom. The molecule has 138 valence electrons.